The van der Waals surface area contributed by atoms with E-state index in [1.807, 2.05) is 17.7 Å². The van der Waals surface area contributed by atoms with Crippen LogP contribution in [0, 0.1) is 18.3 Å². The molecule has 3 aromatic rings. The fourth-order valence-corrected chi connectivity index (χ4v) is 4.70. The van der Waals surface area contributed by atoms with Crippen molar-refractivity contribution in [3.8, 4) is 6.07 Å². The van der Waals surface area contributed by atoms with Crippen LogP contribution in [0.25, 0.3) is 0 Å². The van der Waals surface area contributed by atoms with E-state index in [-0.39, 0.29) is 18.9 Å². The Morgan fingerprint density at radius 3 is 2.88 bits per heavy atom. The lowest BCUT2D eigenvalue weighted by Crippen LogP contribution is -2.25. The quantitative estimate of drug-likeness (QED) is 0.533. The number of aryl methyl sites for hydroxylation is 1. The molecular weight excluding hydrogens is 440 g/mol. The van der Waals surface area contributed by atoms with Crippen molar-refractivity contribution < 1.29 is 14.3 Å². The summed E-state index contributed by atoms with van der Waals surface area (Å²) in [5, 5.41) is 13.4. The van der Waals surface area contributed by atoms with Crippen molar-refractivity contribution in [2.24, 2.45) is 0 Å². The number of esters is 1. The molecule has 1 amide bonds. The van der Waals surface area contributed by atoms with Gasteiger partial charge in [-0.05, 0) is 19.1 Å². The van der Waals surface area contributed by atoms with Gasteiger partial charge in [0.15, 0.2) is 0 Å². The second kappa shape index (κ2) is 9.67. The minimum absolute atomic E-state index is 0.175. The van der Waals surface area contributed by atoms with Gasteiger partial charge in [0.1, 0.15) is 29.1 Å². The second-order valence-electron chi connectivity index (χ2n) is 7.34. The molecule has 168 valence electrons. The van der Waals surface area contributed by atoms with E-state index in [0.29, 0.717) is 40.6 Å². The molecule has 4 heterocycles. The standard InChI is InChI=1S/C23H22N6O3S/c1-3-20(30)29(19-6-4-5-7-25-19)22-17(11-24)21-18(33-22)10-16(12-26-21)23(31)32-9-8-28-13-15(2)27-14-28/h4-7,12-14,26H,3,8-10H2,1-2H3. The van der Waals surface area contributed by atoms with Gasteiger partial charge in [0.05, 0.1) is 29.8 Å². The minimum atomic E-state index is -0.426. The first-order chi connectivity index (χ1) is 16.0. The predicted octanol–water partition coefficient (Wildman–Crippen LogP) is 3.69. The number of rotatable bonds is 7. The molecule has 0 radical (unpaired) electrons. The highest BCUT2D eigenvalue weighted by atomic mass is 32.1. The van der Waals surface area contributed by atoms with Crippen molar-refractivity contribution in [2.75, 3.05) is 16.8 Å². The number of nitrogens with one attached hydrogen (secondary N) is 1. The smallest absolute Gasteiger partial charge is 0.335 e. The van der Waals surface area contributed by atoms with E-state index < -0.39 is 5.97 Å². The van der Waals surface area contributed by atoms with Crippen LogP contribution in [0.2, 0.25) is 0 Å². The first kappa shape index (κ1) is 22.2. The number of pyridine rings is 1. The normalized spacial score (nSPS) is 12.2. The summed E-state index contributed by atoms with van der Waals surface area (Å²) in [4.78, 5) is 36.1. The lowest BCUT2D eigenvalue weighted by atomic mass is 10.1. The molecule has 1 aliphatic rings. The number of hydrogen-bond donors (Lipinski definition) is 1. The number of fused-ring (bicyclic) bond motifs is 1. The van der Waals surface area contributed by atoms with Crippen molar-refractivity contribution in [1.82, 2.24) is 14.5 Å². The van der Waals surface area contributed by atoms with E-state index in [9.17, 15) is 14.9 Å². The Labute approximate surface area is 195 Å². The van der Waals surface area contributed by atoms with E-state index >= 15 is 0 Å². The lowest BCUT2D eigenvalue weighted by molar-refractivity contribution is -0.139. The summed E-state index contributed by atoms with van der Waals surface area (Å²) in [5.74, 6) is -0.155. The molecule has 1 aliphatic heterocycles. The molecule has 0 spiro atoms. The fourth-order valence-electron chi connectivity index (χ4n) is 3.44. The molecule has 9 nitrogen and oxygen atoms in total. The number of hydrogen-bond acceptors (Lipinski definition) is 8. The molecule has 0 aliphatic carbocycles. The number of nitrogens with zero attached hydrogens (tertiary/aromatic N) is 5. The van der Waals surface area contributed by atoms with Crippen LogP contribution in [-0.2, 0) is 27.3 Å². The molecular formula is C23H22N6O3S. The average Bonchev–Trinajstić information content (AvgIpc) is 3.41. The third-order valence-electron chi connectivity index (χ3n) is 5.06. The van der Waals surface area contributed by atoms with Gasteiger partial charge in [0.25, 0.3) is 0 Å². The molecule has 10 heteroatoms. The Bertz CT molecular complexity index is 1250. The summed E-state index contributed by atoms with van der Waals surface area (Å²) in [6.45, 7) is 4.39. The van der Waals surface area contributed by atoms with Gasteiger partial charge >= 0.3 is 5.97 Å². The zero-order chi connectivity index (χ0) is 23.4. The van der Waals surface area contributed by atoms with Gasteiger partial charge in [-0.15, -0.1) is 11.3 Å². The summed E-state index contributed by atoms with van der Waals surface area (Å²) >= 11 is 1.30. The molecule has 4 rings (SSSR count). The van der Waals surface area contributed by atoms with Crippen LogP contribution in [0.3, 0.4) is 0 Å². The Morgan fingerprint density at radius 1 is 1.36 bits per heavy atom. The molecule has 0 saturated heterocycles. The number of ether oxygens (including phenoxy) is 1. The molecule has 3 aromatic heterocycles. The maximum Gasteiger partial charge on any atom is 0.335 e. The number of thiophene rings is 1. The second-order valence-corrected chi connectivity index (χ2v) is 8.43. The number of anilines is 3. The zero-order valence-corrected chi connectivity index (χ0v) is 19.1. The van der Waals surface area contributed by atoms with Gasteiger partial charge in [-0.25, -0.2) is 14.8 Å². The molecule has 33 heavy (non-hydrogen) atoms. The largest absolute Gasteiger partial charge is 0.460 e. The van der Waals surface area contributed by atoms with Crippen LogP contribution in [0.1, 0.15) is 29.5 Å². The van der Waals surface area contributed by atoms with Crippen LogP contribution in [0.4, 0.5) is 16.5 Å². The van der Waals surface area contributed by atoms with Crippen molar-refractivity contribution in [3.63, 3.8) is 0 Å². The van der Waals surface area contributed by atoms with Gasteiger partial charge in [-0.3, -0.25) is 9.69 Å². The Morgan fingerprint density at radius 2 is 2.21 bits per heavy atom. The molecule has 0 aromatic carbocycles. The van der Waals surface area contributed by atoms with E-state index in [2.05, 4.69) is 21.4 Å². The zero-order valence-electron chi connectivity index (χ0n) is 18.2. The Balaban J connectivity index is 1.53. The van der Waals surface area contributed by atoms with Gasteiger partial charge in [-0.2, -0.15) is 5.26 Å². The molecule has 0 unspecified atom stereocenters. The van der Waals surface area contributed by atoms with Crippen molar-refractivity contribution in [3.05, 3.63) is 64.8 Å². The molecule has 0 bridgehead atoms. The summed E-state index contributed by atoms with van der Waals surface area (Å²) in [6.07, 6.45) is 7.30. The number of imidazole rings is 1. The third kappa shape index (κ3) is 4.63. The monoisotopic (exact) mass is 462 g/mol. The van der Waals surface area contributed by atoms with Gasteiger partial charge in [-0.1, -0.05) is 13.0 Å². The number of amides is 1. The summed E-state index contributed by atoms with van der Waals surface area (Å²) in [5.41, 5.74) is 2.30. The van der Waals surface area contributed by atoms with Crippen molar-refractivity contribution >= 4 is 39.7 Å². The number of carbonyl (C=O) groups is 2. The first-order valence-electron chi connectivity index (χ1n) is 10.4. The highest BCUT2D eigenvalue weighted by molar-refractivity contribution is 7.17. The van der Waals surface area contributed by atoms with Crippen LogP contribution in [-0.4, -0.2) is 33.0 Å². The van der Waals surface area contributed by atoms with E-state index in [1.165, 1.54) is 16.2 Å². The first-order valence-corrected chi connectivity index (χ1v) is 11.2. The predicted molar refractivity (Wildman–Crippen MR) is 124 cm³/mol. The van der Waals surface area contributed by atoms with Crippen molar-refractivity contribution in [1.29, 1.82) is 5.26 Å². The average molecular weight is 463 g/mol. The molecule has 0 saturated carbocycles. The van der Waals surface area contributed by atoms with Crippen LogP contribution in [0.5, 0.6) is 0 Å². The van der Waals surface area contributed by atoms with Crippen LogP contribution >= 0.6 is 11.3 Å². The highest BCUT2D eigenvalue weighted by Crippen LogP contribution is 2.44. The van der Waals surface area contributed by atoms with Gasteiger partial charge < -0.3 is 14.6 Å². The number of nitriles is 1. The van der Waals surface area contributed by atoms with Crippen molar-refractivity contribution in [2.45, 2.75) is 33.2 Å². The third-order valence-corrected chi connectivity index (χ3v) is 6.23. The summed E-state index contributed by atoms with van der Waals surface area (Å²) < 4.78 is 7.27. The van der Waals surface area contributed by atoms with Crippen LogP contribution < -0.4 is 10.2 Å². The maximum absolute atomic E-state index is 12.8. The van der Waals surface area contributed by atoms with Crippen LogP contribution in [0.15, 0.2) is 48.7 Å². The Kier molecular flexibility index (Phi) is 6.51. The SMILES string of the molecule is CCC(=O)N(c1ccccn1)c1sc2c(c1C#N)NC=C(C(=O)OCCn1cnc(C)c1)C2. The maximum atomic E-state index is 12.8. The number of aromatic nitrogens is 3. The Hall–Kier alpha value is -3.97. The molecule has 1 N–H and O–H groups in total. The summed E-state index contributed by atoms with van der Waals surface area (Å²) in [7, 11) is 0. The molecule has 0 atom stereocenters. The van der Waals surface area contributed by atoms with Gasteiger partial charge in [0.2, 0.25) is 5.91 Å². The van der Waals surface area contributed by atoms with Gasteiger partial charge in [0, 0.05) is 36.3 Å². The highest BCUT2D eigenvalue weighted by Gasteiger charge is 2.30. The topological polar surface area (TPSA) is 113 Å². The lowest BCUT2D eigenvalue weighted by Gasteiger charge is -2.19. The van der Waals surface area contributed by atoms with E-state index in [1.54, 1.807) is 43.8 Å². The number of carbonyl (C=O) groups excluding carboxylic acids is 2. The molecule has 0 fully saturated rings. The fraction of sp³-hybridized carbons (Fsp3) is 0.261. The van der Waals surface area contributed by atoms with E-state index in [4.69, 9.17) is 4.74 Å². The van der Waals surface area contributed by atoms with E-state index in [0.717, 1.165) is 10.6 Å². The summed E-state index contributed by atoms with van der Waals surface area (Å²) in [6, 6.07) is 7.48. The minimum Gasteiger partial charge on any atom is -0.460 e.